The lowest BCUT2D eigenvalue weighted by atomic mass is 9.81. The molecule has 0 aliphatic heterocycles. The molecule has 0 aromatic heterocycles. The predicted molar refractivity (Wildman–Crippen MR) is 83.4 cm³/mol. The molecule has 2 atom stereocenters. The maximum atomic E-state index is 13.5. The Morgan fingerprint density at radius 3 is 2.62 bits per heavy atom. The van der Waals surface area contributed by atoms with E-state index in [1.54, 1.807) is 12.1 Å². The molecule has 110 valence electrons. The molecule has 21 heavy (non-hydrogen) atoms. The van der Waals surface area contributed by atoms with Crippen LogP contribution in [0.2, 0.25) is 0 Å². The molecule has 3 heteroatoms. The number of hydrogen-bond acceptors (Lipinski definition) is 2. The summed E-state index contributed by atoms with van der Waals surface area (Å²) in [6, 6.07) is 13.8. The van der Waals surface area contributed by atoms with Gasteiger partial charge < -0.3 is 10.1 Å². The van der Waals surface area contributed by atoms with Gasteiger partial charge in [0.2, 0.25) is 0 Å². The quantitative estimate of drug-likeness (QED) is 0.867. The molecule has 0 saturated carbocycles. The maximum absolute atomic E-state index is 13.5. The van der Waals surface area contributed by atoms with Gasteiger partial charge in [-0.15, -0.1) is 0 Å². The van der Waals surface area contributed by atoms with E-state index in [1.165, 1.54) is 24.3 Å². The fourth-order valence-electron chi connectivity index (χ4n) is 3.11. The van der Waals surface area contributed by atoms with Crippen LogP contribution in [0.1, 0.15) is 42.9 Å². The Balaban J connectivity index is 1.87. The van der Waals surface area contributed by atoms with Crippen molar-refractivity contribution < 1.29 is 9.13 Å². The molecule has 2 unspecified atom stereocenters. The van der Waals surface area contributed by atoms with Gasteiger partial charge in [-0.1, -0.05) is 31.2 Å². The van der Waals surface area contributed by atoms with Crippen LogP contribution in [-0.4, -0.2) is 7.11 Å². The molecule has 2 nitrogen and oxygen atoms in total. The van der Waals surface area contributed by atoms with E-state index in [0.29, 0.717) is 5.92 Å². The number of fused-ring (bicyclic) bond motifs is 1. The summed E-state index contributed by atoms with van der Waals surface area (Å²) >= 11 is 0. The Kier molecular flexibility index (Phi) is 3.82. The molecule has 0 saturated heterocycles. The monoisotopic (exact) mass is 285 g/mol. The molecule has 1 aliphatic carbocycles. The third-order valence-corrected chi connectivity index (χ3v) is 4.28. The highest BCUT2D eigenvalue weighted by molar-refractivity contribution is 5.51. The molecule has 0 bridgehead atoms. The minimum Gasteiger partial charge on any atom is -0.494 e. The lowest BCUT2D eigenvalue weighted by Crippen LogP contribution is -2.19. The van der Waals surface area contributed by atoms with Crippen LogP contribution in [0, 0.1) is 5.82 Å². The van der Waals surface area contributed by atoms with Gasteiger partial charge in [0.15, 0.2) is 11.6 Å². The molecule has 0 heterocycles. The first-order chi connectivity index (χ1) is 10.2. The first-order valence-electron chi connectivity index (χ1n) is 7.38. The molecule has 2 aromatic rings. The standard InChI is InChI=1S/C18H20FNO/c1-12-7-10-17(15-6-4-3-5-14(12)15)20-13-8-9-16(19)18(11-13)21-2/h3-6,8-9,11-12,17,20H,7,10H2,1-2H3. The lowest BCUT2D eigenvalue weighted by molar-refractivity contribution is 0.386. The van der Waals surface area contributed by atoms with Crippen molar-refractivity contribution in [1.82, 2.24) is 0 Å². The van der Waals surface area contributed by atoms with Gasteiger partial charge in [0.25, 0.3) is 0 Å². The highest BCUT2D eigenvalue weighted by Gasteiger charge is 2.24. The van der Waals surface area contributed by atoms with Gasteiger partial charge in [0, 0.05) is 11.8 Å². The van der Waals surface area contributed by atoms with Gasteiger partial charge in [0.1, 0.15) is 0 Å². The van der Waals surface area contributed by atoms with Crippen LogP contribution in [0.15, 0.2) is 42.5 Å². The molecule has 0 spiro atoms. The number of hydrogen-bond donors (Lipinski definition) is 1. The Morgan fingerprint density at radius 2 is 1.86 bits per heavy atom. The maximum Gasteiger partial charge on any atom is 0.165 e. The number of ether oxygens (including phenoxy) is 1. The van der Waals surface area contributed by atoms with Crippen molar-refractivity contribution in [2.75, 3.05) is 12.4 Å². The van der Waals surface area contributed by atoms with Crippen LogP contribution in [-0.2, 0) is 0 Å². The second-order valence-electron chi connectivity index (χ2n) is 5.65. The average Bonchev–Trinajstić information content (AvgIpc) is 2.52. The van der Waals surface area contributed by atoms with Crippen LogP contribution in [0.3, 0.4) is 0 Å². The van der Waals surface area contributed by atoms with E-state index in [2.05, 4.69) is 36.5 Å². The number of anilines is 1. The first kappa shape index (κ1) is 13.9. The lowest BCUT2D eigenvalue weighted by Gasteiger charge is -2.31. The van der Waals surface area contributed by atoms with Crippen LogP contribution in [0.25, 0.3) is 0 Å². The van der Waals surface area contributed by atoms with Crippen molar-refractivity contribution in [2.24, 2.45) is 0 Å². The second kappa shape index (κ2) is 5.76. The Hall–Kier alpha value is -2.03. The van der Waals surface area contributed by atoms with Crippen molar-refractivity contribution >= 4 is 5.69 Å². The Bertz CT molecular complexity index is 641. The van der Waals surface area contributed by atoms with E-state index in [9.17, 15) is 4.39 Å². The minimum atomic E-state index is -0.333. The molecule has 0 fully saturated rings. The fraction of sp³-hybridized carbons (Fsp3) is 0.333. The highest BCUT2D eigenvalue weighted by Crippen LogP contribution is 2.39. The van der Waals surface area contributed by atoms with Gasteiger partial charge >= 0.3 is 0 Å². The van der Waals surface area contributed by atoms with Crippen molar-refractivity contribution in [2.45, 2.75) is 31.7 Å². The van der Waals surface area contributed by atoms with E-state index in [4.69, 9.17) is 4.74 Å². The summed E-state index contributed by atoms with van der Waals surface area (Å²) in [6.45, 7) is 2.27. The predicted octanol–water partition coefficient (Wildman–Crippen LogP) is 4.88. The zero-order valence-corrected chi connectivity index (χ0v) is 12.4. The number of rotatable bonds is 3. The fourth-order valence-corrected chi connectivity index (χ4v) is 3.11. The molecular formula is C18H20FNO. The summed E-state index contributed by atoms with van der Waals surface area (Å²) in [5, 5.41) is 3.51. The summed E-state index contributed by atoms with van der Waals surface area (Å²) in [5.74, 6) is 0.542. The Labute approximate surface area is 125 Å². The topological polar surface area (TPSA) is 21.3 Å². The second-order valence-corrected chi connectivity index (χ2v) is 5.65. The van der Waals surface area contributed by atoms with E-state index < -0.39 is 0 Å². The largest absolute Gasteiger partial charge is 0.494 e. The molecular weight excluding hydrogens is 265 g/mol. The minimum absolute atomic E-state index is 0.271. The molecule has 3 rings (SSSR count). The molecule has 0 radical (unpaired) electrons. The van der Waals surface area contributed by atoms with E-state index >= 15 is 0 Å². The third-order valence-electron chi connectivity index (χ3n) is 4.28. The van der Waals surface area contributed by atoms with Gasteiger partial charge in [-0.05, 0) is 42.0 Å². The number of benzene rings is 2. The molecule has 0 amide bonds. The zero-order chi connectivity index (χ0) is 14.8. The first-order valence-corrected chi connectivity index (χ1v) is 7.38. The molecule has 1 N–H and O–H groups in total. The third kappa shape index (κ3) is 2.73. The van der Waals surface area contributed by atoms with Crippen molar-refractivity contribution in [3.05, 3.63) is 59.4 Å². The van der Waals surface area contributed by atoms with Crippen LogP contribution >= 0.6 is 0 Å². The Morgan fingerprint density at radius 1 is 1.10 bits per heavy atom. The van der Waals surface area contributed by atoms with Gasteiger partial charge in [-0.2, -0.15) is 0 Å². The summed E-state index contributed by atoms with van der Waals surface area (Å²) in [7, 11) is 1.49. The van der Waals surface area contributed by atoms with E-state index in [1.807, 2.05) is 0 Å². The molecule has 1 aliphatic rings. The van der Waals surface area contributed by atoms with E-state index in [0.717, 1.165) is 18.5 Å². The van der Waals surface area contributed by atoms with Crippen LogP contribution < -0.4 is 10.1 Å². The van der Waals surface area contributed by atoms with Crippen molar-refractivity contribution in [3.63, 3.8) is 0 Å². The van der Waals surface area contributed by atoms with E-state index in [-0.39, 0.29) is 17.6 Å². The van der Waals surface area contributed by atoms with Gasteiger partial charge in [0.05, 0.1) is 13.2 Å². The van der Waals surface area contributed by atoms with Crippen LogP contribution in [0.5, 0.6) is 5.75 Å². The van der Waals surface area contributed by atoms with Gasteiger partial charge in [-0.3, -0.25) is 0 Å². The normalized spacial score (nSPS) is 20.7. The molecule has 2 aromatic carbocycles. The van der Waals surface area contributed by atoms with Crippen LogP contribution in [0.4, 0.5) is 10.1 Å². The number of methoxy groups -OCH3 is 1. The zero-order valence-electron chi connectivity index (χ0n) is 12.4. The highest BCUT2D eigenvalue weighted by atomic mass is 19.1. The van der Waals surface area contributed by atoms with Gasteiger partial charge in [-0.25, -0.2) is 4.39 Å². The smallest absolute Gasteiger partial charge is 0.165 e. The number of halogens is 1. The summed E-state index contributed by atoms with van der Waals surface area (Å²) in [6.07, 6.45) is 2.24. The van der Waals surface area contributed by atoms with Crippen molar-refractivity contribution in [1.29, 1.82) is 0 Å². The average molecular weight is 285 g/mol. The number of nitrogens with one attached hydrogen (secondary N) is 1. The van der Waals surface area contributed by atoms with Crippen molar-refractivity contribution in [3.8, 4) is 5.75 Å². The SMILES string of the molecule is COc1cc(NC2CCC(C)c3ccccc32)ccc1F. The summed E-state index contributed by atoms with van der Waals surface area (Å²) in [4.78, 5) is 0. The summed E-state index contributed by atoms with van der Waals surface area (Å²) < 4.78 is 18.5. The summed E-state index contributed by atoms with van der Waals surface area (Å²) in [5.41, 5.74) is 3.65.